The zero-order valence-electron chi connectivity index (χ0n) is 19.7. The molecule has 1 aromatic heterocycles. The second-order valence-corrected chi connectivity index (χ2v) is 8.27. The van der Waals surface area contributed by atoms with Gasteiger partial charge in [-0.15, -0.1) is 0 Å². The number of hydrogen-bond acceptors (Lipinski definition) is 5. The fourth-order valence-electron chi connectivity index (χ4n) is 4.25. The fourth-order valence-corrected chi connectivity index (χ4v) is 4.25. The molecule has 0 amide bonds. The van der Waals surface area contributed by atoms with E-state index in [0.717, 1.165) is 29.6 Å². The van der Waals surface area contributed by atoms with Gasteiger partial charge in [-0.05, 0) is 31.4 Å². The number of aryl methyl sites for hydroxylation is 1. The maximum atomic E-state index is 13.1. The lowest BCUT2D eigenvalue weighted by Crippen LogP contribution is -2.35. The Hall–Kier alpha value is -2.96. The van der Waals surface area contributed by atoms with E-state index in [1.807, 2.05) is 38.1 Å². The number of aromatic nitrogens is 2. The van der Waals surface area contributed by atoms with Gasteiger partial charge in [0.25, 0.3) is 5.56 Å². The van der Waals surface area contributed by atoms with Crippen LogP contribution in [0.5, 0.6) is 0 Å². The van der Waals surface area contributed by atoms with Crippen molar-refractivity contribution in [3.63, 3.8) is 0 Å². The molecule has 2 aliphatic heterocycles. The number of benzene rings is 2. The van der Waals surface area contributed by atoms with Crippen LogP contribution in [0.4, 0.5) is 0 Å². The summed E-state index contributed by atoms with van der Waals surface area (Å²) < 4.78 is 13.1. The van der Waals surface area contributed by atoms with E-state index in [-0.39, 0.29) is 17.9 Å². The van der Waals surface area contributed by atoms with Gasteiger partial charge in [0.1, 0.15) is 0 Å². The van der Waals surface area contributed by atoms with Crippen LogP contribution in [0, 0.1) is 6.92 Å². The van der Waals surface area contributed by atoms with Crippen LogP contribution in [-0.2, 0) is 22.4 Å². The molecule has 6 heteroatoms. The monoisotopic (exact) mass is 447 g/mol. The van der Waals surface area contributed by atoms with Gasteiger partial charge in [-0.25, -0.2) is 4.68 Å². The van der Waals surface area contributed by atoms with E-state index in [0.29, 0.717) is 31.6 Å². The van der Waals surface area contributed by atoms with E-state index < -0.39 is 0 Å². The highest BCUT2D eigenvalue weighted by molar-refractivity contribution is 5.83. The third-order valence-electron chi connectivity index (χ3n) is 5.92. The molecule has 2 aromatic carbocycles. The van der Waals surface area contributed by atoms with Crippen LogP contribution in [0.2, 0.25) is 0 Å². The summed E-state index contributed by atoms with van der Waals surface area (Å²) in [5.74, 6) is 0. The van der Waals surface area contributed by atoms with Crippen molar-refractivity contribution in [2.45, 2.75) is 58.9 Å². The van der Waals surface area contributed by atoms with E-state index in [1.54, 1.807) is 4.68 Å². The van der Waals surface area contributed by atoms with Crippen LogP contribution in [0.15, 0.2) is 59.4 Å². The Balaban J connectivity index is 0.00000126. The van der Waals surface area contributed by atoms with Gasteiger partial charge in [0.15, 0.2) is 6.29 Å². The second kappa shape index (κ2) is 10.8. The van der Waals surface area contributed by atoms with Crippen molar-refractivity contribution in [2.24, 2.45) is 0 Å². The van der Waals surface area contributed by atoms with E-state index in [1.165, 1.54) is 11.1 Å². The molecule has 174 valence electrons. The molecule has 1 N–H and O–H groups in total. The fraction of sp³-hybridized carbons (Fsp3) is 0.407. The summed E-state index contributed by atoms with van der Waals surface area (Å²) in [4.78, 5) is 13.1. The molecule has 1 saturated heterocycles. The minimum Gasteiger partial charge on any atom is -0.380 e. The number of nitrogens with zero attached hydrogens (tertiary/aromatic N) is 2. The highest BCUT2D eigenvalue weighted by atomic mass is 16.7. The Kier molecular flexibility index (Phi) is 7.57. The molecule has 0 saturated carbocycles. The van der Waals surface area contributed by atoms with Crippen LogP contribution in [-0.4, -0.2) is 35.3 Å². The summed E-state index contributed by atoms with van der Waals surface area (Å²) in [6.45, 7) is 7.99. The zero-order chi connectivity index (χ0) is 23.2. The average molecular weight is 448 g/mol. The Labute approximate surface area is 195 Å². The number of fused-ring (bicyclic) bond motifs is 1. The average Bonchev–Trinajstić information content (AvgIpc) is 3.33. The number of hydrogen-bond donors (Lipinski definition) is 1. The van der Waals surface area contributed by atoms with Crippen LogP contribution in [0.3, 0.4) is 0 Å². The molecule has 33 heavy (non-hydrogen) atoms. The summed E-state index contributed by atoms with van der Waals surface area (Å²) in [6.07, 6.45) is 4.19. The van der Waals surface area contributed by atoms with Gasteiger partial charge in [-0.3, -0.25) is 4.79 Å². The minimum atomic E-state index is -0.310. The Morgan fingerprint density at radius 3 is 2.45 bits per heavy atom. The van der Waals surface area contributed by atoms with Crippen molar-refractivity contribution in [1.82, 2.24) is 15.1 Å². The quantitative estimate of drug-likeness (QED) is 0.626. The third-order valence-corrected chi connectivity index (χ3v) is 5.92. The van der Waals surface area contributed by atoms with Gasteiger partial charge >= 0.3 is 0 Å². The SMILES string of the molecule is CC.Cc1ccc(C2=CCC(Cn3nc(CC4OCCCO4)c4ccccc4c3=O)N2)cc1. The Morgan fingerprint density at radius 1 is 1.03 bits per heavy atom. The molecule has 1 atom stereocenters. The van der Waals surface area contributed by atoms with Gasteiger partial charge in [-0.1, -0.05) is 68.0 Å². The molecular formula is C27H33N3O3. The highest BCUT2D eigenvalue weighted by Crippen LogP contribution is 2.22. The zero-order valence-corrected chi connectivity index (χ0v) is 19.7. The van der Waals surface area contributed by atoms with Crippen LogP contribution in [0.1, 0.15) is 43.5 Å². The van der Waals surface area contributed by atoms with Crippen molar-refractivity contribution in [3.05, 3.63) is 81.8 Å². The standard InChI is InChI=1S/C25H27N3O3.C2H6/c1-17-7-9-18(10-8-17)22-12-11-19(26-22)16-28-25(29)21-6-3-2-5-20(21)23(27-28)15-24-30-13-4-14-31-24;1-2/h2-3,5-10,12,19,24,26H,4,11,13-16H2,1H3;1-2H3. The molecule has 6 nitrogen and oxygen atoms in total. The molecule has 1 unspecified atom stereocenters. The summed E-state index contributed by atoms with van der Waals surface area (Å²) in [5, 5.41) is 9.87. The maximum absolute atomic E-state index is 13.1. The number of rotatable bonds is 5. The van der Waals surface area contributed by atoms with Gasteiger partial charge in [0.2, 0.25) is 0 Å². The van der Waals surface area contributed by atoms with Crippen LogP contribution < -0.4 is 10.9 Å². The van der Waals surface area contributed by atoms with Gasteiger partial charge < -0.3 is 14.8 Å². The topological polar surface area (TPSA) is 65.4 Å². The van der Waals surface area contributed by atoms with Crippen LogP contribution in [0.25, 0.3) is 16.5 Å². The highest BCUT2D eigenvalue weighted by Gasteiger charge is 2.22. The molecule has 0 radical (unpaired) electrons. The molecule has 5 rings (SSSR count). The number of ether oxygens (including phenoxy) is 2. The summed E-state index contributed by atoms with van der Waals surface area (Å²) in [5.41, 5.74) is 4.30. The van der Waals surface area contributed by atoms with E-state index in [9.17, 15) is 4.79 Å². The lowest BCUT2D eigenvalue weighted by Gasteiger charge is -2.24. The van der Waals surface area contributed by atoms with Gasteiger partial charge in [-0.2, -0.15) is 5.10 Å². The summed E-state index contributed by atoms with van der Waals surface area (Å²) in [7, 11) is 0. The smallest absolute Gasteiger partial charge is 0.274 e. The van der Waals surface area contributed by atoms with Crippen molar-refractivity contribution in [3.8, 4) is 0 Å². The largest absolute Gasteiger partial charge is 0.380 e. The summed E-state index contributed by atoms with van der Waals surface area (Å²) in [6, 6.07) is 16.3. The maximum Gasteiger partial charge on any atom is 0.274 e. The molecule has 3 heterocycles. The normalized spacial score (nSPS) is 18.4. The first kappa shape index (κ1) is 23.2. The van der Waals surface area contributed by atoms with Crippen molar-refractivity contribution in [1.29, 1.82) is 0 Å². The van der Waals surface area contributed by atoms with Gasteiger partial charge in [0.05, 0.1) is 30.8 Å². The van der Waals surface area contributed by atoms with E-state index in [2.05, 4.69) is 42.6 Å². The molecule has 3 aromatic rings. The second-order valence-electron chi connectivity index (χ2n) is 8.27. The third kappa shape index (κ3) is 5.34. The van der Waals surface area contributed by atoms with Crippen molar-refractivity contribution < 1.29 is 9.47 Å². The first-order valence-corrected chi connectivity index (χ1v) is 11.9. The van der Waals surface area contributed by atoms with Crippen molar-refractivity contribution in [2.75, 3.05) is 13.2 Å². The molecule has 1 fully saturated rings. The Bertz CT molecular complexity index is 1160. The van der Waals surface area contributed by atoms with E-state index in [4.69, 9.17) is 14.6 Å². The van der Waals surface area contributed by atoms with Crippen LogP contribution >= 0.6 is 0 Å². The van der Waals surface area contributed by atoms with E-state index >= 15 is 0 Å². The number of nitrogens with one attached hydrogen (secondary N) is 1. The summed E-state index contributed by atoms with van der Waals surface area (Å²) >= 11 is 0. The first-order chi connectivity index (χ1) is 16.2. The Morgan fingerprint density at radius 2 is 1.73 bits per heavy atom. The van der Waals surface area contributed by atoms with Crippen molar-refractivity contribution >= 4 is 16.5 Å². The molecule has 0 bridgehead atoms. The molecule has 2 aliphatic rings. The minimum absolute atomic E-state index is 0.0598. The predicted molar refractivity (Wildman–Crippen MR) is 132 cm³/mol. The lowest BCUT2D eigenvalue weighted by molar-refractivity contribution is -0.177. The molecular weight excluding hydrogens is 414 g/mol. The molecule has 0 aliphatic carbocycles. The molecule has 0 spiro atoms. The first-order valence-electron chi connectivity index (χ1n) is 11.9. The predicted octanol–water partition coefficient (Wildman–Crippen LogP) is 4.44. The lowest BCUT2D eigenvalue weighted by atomic mass is 10.1. The van der Waals surface area contributed by atoms with Gasteiger partial charge in [0, 0.05) is 23.5 Å².